The Morgan fingerprint density at radius 2 is 1.33 bits per heavy atom. The standard InChI is InChI=1S/C39H48N4/c1-36(2)22-21-27(35-42-33(25-15-11-9-12-16-25)41-34(43-35)26-17-13-10-14-18-26)19-20-32(40)28-23-30-31(24-29(28)36)38(5,6)39(7,8)37(30,3)4/h9,11-12,15-16,19-24,26H,10,13-14,17-18,40H2,1-8H3/b22-21+,27-19+,32-20-. The summed E-state index contributed by atoms with van der Waals surface area (Å²) in [5.74, 6) is 2.74. The largest absolute Gasteiger partial charge is 0.398 e. The summed E-state index contributed by atoms with van der Waals surface area (Å²) in [6, 6.07) is 15.1. The van der Waals surface area contributed by atoms with Gasteiger partial charge in [0.1, 0.15) is 5.82 Å². The number of allylic oxidation sites excluding steroid dienone is 5. The van der Waals surface area contributed by atoms with Crippen molar-refractivity contribution in [1.29, 1.82) is 0 Å². The molecule has 4 nitrogen and oxygen atoms in total. The Morgan fingerprint density at radius 3 is 2.00 bits per heavy atom. The lowest BCUT2D eigenvalue weighted by molar-refractivity contribution is 0.125. The van der Waals surface area contributed by atoms with Crippen LogP contribution in [0.3, 0.4) is 0 Å². The maximum absolute atomic E-state index is 6.97. The zero-order chi connectivity index (χ0) is 30.8. The summed E-state index contributed by atoms with van der Waals surface area (Å²) in [4.78, 5) is 15.2. The number of hydrogen-bond donors (Lipinski definition) is 1. The van der Waals surface area contributed by atoms with Crippen LogP contribution in [0.25, 0.3) is 22.7 Å². The van der Waals surface area contributed by atoms with E-state index in [9.17, 15) is 0 Å². The smallest absolute Gasteiger partial charge is 0.163 e. The first kappa shape index (κ1) is 29.5. The molecule has 0 aliphatic heterocycles. The lowest BCUT2D eigenvalue weighted by atomic mass is 9.59. The van der Waals surface area contributed by atoms with Crippen molar-refractivity contribution in [2.45, 2.75) is 110 Å². The fourth-order valence-corrected chi connectivity index (χ4v) is 7.50. The highest BCUT2D eigenvalue weighted by Gasteiger charge is 2.57. The molecule has 224 valence electrons. The van der Waals surface area contributed by atoms with Crippen LogP contribution in [0.2, 0.25) is 0 Å². The van der Waals surface area contributed by atoms with E-state index < -0.39 is 0 Å². The van der Waals surface area contributed by atoms with Crippen molar-refractivity contribution in [1.82, 2.24) is 15.0 Å². The van der Waals surface area contributed by atoms with Crippen molar-refractivity contribution >= 4 is 11.3 Å². The summed E-state index contributed by atoms with van der Waals surface area (Å²) in [5, 5.41) is 0. The van der Waals surface area contributed by atoms with Crippen molar-refractivity contribution < 1.29 is 0 Å². The van der Waals surface area contributed by atoms with E-state index in [1.165, 1.54) is 36.0 Å². The van der Waals surface area contributed by atoms with Gasteiger partial charge < -0.3 is 5.73 Å². The summed E-state index contributed by atoms with van der Waals surface area (Å²) in [7, 11) is 0. The Balaban J connectivity index is 1.50. The van der Waals surface area contributed by atoms with Crippen LogP contribution >= 0.6 is 0 Å². The topological polar surface area (TPSA) is 64.7 Å². The van der Waals surface area contributed by atoms with Crippen molar-refractivity contribution in [3.8, 4) is 11.4 Å². The average Bonchev–Trinajstić information content (AvgIpc) is 3.13. The van der Waals surface area contributed by atoms with Gasteiger partial charge in [-0.1, -0.05) is 123 Å². The molecule has 6 rings (SSSR count). The van der Waals surface area contributed by atoms with Gasteiger partial charge in [-0.05, 0) is 64.0 Å². The molecule has 0 spiro atoms. The summed E-state index contributed by atoms with van der Waals surface area (Å²) in [5.41, 5.74) is 14.8. The van der Waals surface area contributed by atoms with E-state index in [4.69, 9.17) is 20.7 Å². The van der Waals surface area contributed by atoms with Gasteiger partial charge in [-0.2, -0.15) is 0 Å². The lowest BCUT2D eigenvalue weighted by Crippen LogP contribution is -2.42. The minimum absolute atomic E-state index is 0.00872. The quantitative estimate of drug-likeness (QED) is 0.339. The molecule has 2 N–H and O–H groups in total. The fourth-order valence-electron chi connectivity index (χ4n) is 7.50. The number of fused-ring (bicyclic) bond motifs is 2. The molecule has 2 aromatic carbocycles. The van der Waals surface area contributed by atoms with E-state index in [1.54, 1.807) is 0 Å². The highest BCUT2D eigenvalue weighted by molar-refractivity contribution is 5.79. The van der Waals surface area contributed by atoms with Gasteiger partial charge in [-0.15, -0.1) is 0 Å². The molecular formula is C39H48N4. The first-order chi connectivity index (χ1) is 20.2. The van der Waals surface area contributed by atoms with Crippen LogP contribution in [0.1, 0.15) is 127 Å². The molecule has 1 aromatic heterocycles. The van der Waals surface area contributed by atoms with Gasteiger partial charge in [0.25, 0.3) is 0 Å². The normalized spacial score (nSPS) is 25.1. The Hall–Kier alpha value is -3.53. The number of benzene rings is 2. The van der Waals surface area contributed by atoms with E-state index in [2.05, 4.69) is 104 Å². The van der Waals surface area contributed by atoms with Crippen LogP contribution in [0.5, 0.6) is 0 Å². The third-order valence-corrected chi connectivity index (χ3v) is 11.7. The maximum atomic E-state index is 6.97. The summed E-state index contributed by atoms with van der Waals surface area (Å²) < 4.78 is 0. The molecule has 3 aliphatic rings. The third kappa shape index (κ3) is 4.78. The fraction of sp³-hybridized carbons (Fsp3) is 0.462. The number of hydrogen-bond acceptors (Lipinski definition) is 4. The molecule has 0 atom stereocenters. The molecule has 43 heavy (non-hydrogen) atoms. The monoisotopic (exact) mass is 572 g/mol. The number of nitrogens with zero attached hydrogens (tertiary/aromatic N) is 3. The van der Waals surface area contributed by atoms with Crippen molar-refractivity contribution in [2.24, 2.45) is 11.1 Å². The molecule has 3 aromatic rings. The van der Waals surface area contributed by atoms with Crippen molar-refractivity contribution in [2.75, 3.05) is 0 Å². The van der Waals surface area contributed by atoms with Gasteiger partial charge >= 0.3 is 0 Å². The third-order valence-electron chi connectivity index (χ3n) is 11.7. The molecule has 0 bridgehead atoms. The molecule has 1 heterocycles. The van der Waals surface area contributed by atoms with E-state index in [1.807, 2.05) is 18.2 Å². The SMILES string of the molecule is CC1(C)/C=C/C(c2nc(-c3ccccc3)nc(C3CCCCC3)n2)=C\C=C(/N)c2cc3c(cc21)C(C)(C)C(C)(C)C3(C)C. The Labute approximate surface area is 258 Å². The molecule has 1 saturated carbocycles. The van der Waals surface area contributed by atoms with Crippen LogP contribution in [0.15, 0.2) is 66.8 Å². The molecule has 0 saturated heterocycles. The zero-order valence-corrected chi connectivity index (χ0v) is 27.4. The van der Waals surface area contributed by atoms with E-state index in [0.29, 0.717) is 11.7 Å². The zero-order valence-electron chi connectivity index (χ0n) is 27.4. The minimum Gasteiger partial charge on any atom is -0.398 e. The van der Waals surface area contributed by atoms with Gasteiger partial charge in [0.2, 0.25) is 0 Å². The first-order valence-electron chi connectivity index (χ1n) is 16.1. The number of aromatic nitrogens is 3. The lowest BCUT2D eigenvalue weighted by Gasteiger charge is -2.44. The van der Waals surface area contributed by atoms with Crippen LogP contribution in [-0.2, 0) is 16.2 Å². The van der Waals surface area contributed by atoms with Crippen LogP contribution < -0.4 is 5.73 Å². The van der Waals surface area contributed by atoms with Gasteiger partial charge in [0, 0.05) is 33.7 Å². The van der Waals surface area contributed by atoms with Crippen molar-refractivity contribution in [3.63, 3.8) is 0 Å². The molecule has 0 radical (unpaired) electrons. The van der Waals surface area contributed by atoms with Gasteiger partial charge in [0.15, 0.2) is 11.6 Å². The second kappa shape index (κ2) is 10.3. The van der Waals surface area contributed by atoms with Gasteiger partial charge in [-0.3, -0.25) is 0 Å². The highest BCUT2D eigenvalue weighted by Crippen LogP contribution is 2.62. The average molecular weight is 573 g/mol. The van der Waals surface area contributed by atoms with Crippen LogP contribution in [0, 0.1) is 5.41 Å². The van der Waals surface area contributed by atoms with Gasteiger partial charge in [0.05, 0.1) is 0 Å². The molecule has 0 unspecified atom stereocenters. The Bertz CT molecular complexity index is 1640. The van der Waals surface area contributed by atoms with E-state index in [0.717, 1.165) is 46.9 Å². The van der Waals surface area contributed by atoms with Crippen LogP contribution in [-0.4, -0.2) is 15.0 Å². The van der Waals surface area contributed by atoms with E-state index >= 15 is 0 Å². The predicted molar refractivity (Wildman–Crippen MR) is 180 cm³/mol. The second-order valence-electron chi connectivity index (χ2n) is 15.2. The Kier molecular flexibility index (Phi) is 7.06. The van der Waals surface area contributed by atoms with E-state index in [-0.39, 0.29) is 21.7 Å². The minimum atomic E-state index is -0.263. The summed E-state index contributed by atoms with van der Waals surface area (Å²) in [6.07, 6.45) is 14.7. The molecule has 3 aliphatic carbocycles. The molecular weight excluding hydrogens is 524 g/mol. The number of rotatable bonds is 3. The number of nitrogens with two attached hydrogens (primary N) is 1. The summed E-state index contributed by atoms with van der Waals surface area (Å²) in [6.45, 7) is 19.0. The highest BCUT2D eigenvalue weighted by atomic mass is 15.0. The van der Waals surface area contributed by atoms with Gasteiger partial charge in [-0.25, -0.2) is 15.0 Å². The van der Waals surface area contributed by atoms with Crippen molar-refractivity contribution in [3.05, 3.63) is 101 Å². The first-order valence-corrected chi connectivity index (χ1v) is 16.1. The molecule has 4 heteroatoms. The van der Waals surface area contributed by atoms with Crippen LogP contribution in [0.4, 0.5) is 0 Å². The second-order valence-corrected chi connectivity index (χ2v) is 15.2. The predicted octanol–water partition coefficient (Wildman–Crippen LogP) is 9.41. The summed E-state index contributed by atoms with van der Waals surface area (Å²) >= 11 is 0. The Morgan fingerprint density at radius 1 is 0.698 bits per heavy atom. The maximum Gasteiger partial charge on any atom is 0.163 e. The molecule has 0 amide bonds. The molecule has 1 fully saturated rings.